The van der Waals surface area contributed by atoms with Crippen LogP contribution in [0.5, 0.6) is 5.75 Å². The molecule has 2 heterocycles. The minimum absolute atomic E-state index is 0.118. The van der Waals surface area contributed by atoms with Crippen molar-refractivity contribution in [3.05, 3.63) is 29.8 Å². The van der Waals surface area contributed by atoms with E-state index in [-0.39, 0.29) is 17.4 Å². The molecule has 5 nitrogen and oxygen atoms in total. The van der Waals surface area contributed by atoms with Crippen LogP contribution in [0, 0.1) is 11.8 Å². The largest absolute Gasteiger partial charge is 0.487 e. The van der Waals surface area contributed by atoms with Crippen molar-refractivity contribution in [3.8, 4) is 5.75 Å². The van der Waals surface area contributed by atoms with Gasteiger partial charge in [-0.3, -0.25) is 9.59 Å². The molecule has 1 saturated carbocycles. The van der Waals surface area contributed by atoms with E-state index in [1.165, 1.54) is 12.8 Å². The van der Waals surface area contributed by atoms with Crippen molar-refractivity contribution in [2.45, 2.75) is 70.3 Å². The first kappa shape index (κ1) is 20.2. The Labute approximate surface area is 174 Å². The molecule has 5 heteroatoms. The zero-order chi connectivity index (χ0) is 20.4. The van der Waals surface area contributed by atoms with Gasteiger partial charge in [0.2, 0.25) is 11.8 Å². The van der Waals surface area contributed by atoms with Gasteiger partial charge in [0.25, 0.3) is 0 Å². The van der Waals surface area contributed by atoms with Gasteiger partial charge in [-0.25, -0.2) is 0 Å². The molecule has 158 valence electrons. The van der Waals surface area contributed by atoms with Gasteiger partial charge in [0, 0.05) is 51.2 Å². The number of fused-ring (bicyclic) bond motifs is 1. The van der Waals surface area contributed by atoms with Gasteiger partial charge >= 0.3 is 0 Å². The molecule has 4 rings (SSSR count). The predicted molar refractivity (Wildman–Crippen MR) is 113 cm³/mol. The first-order valence-corrected chi connectivity index (χ1v) is 11.3. The highest BCUT2D eigenvalue weighted by Gasteiger charge is 2.44. The summed E-state index contributed by atoms with van der Waals surface area (Å²) in [6.07, 6.45) is 6.19. The molecule has 0 aromatic heterocycles. The zero-order valence-corrected chi connectivity index (χ0v) is 17.8. The lowest BCUT2D eigenvalue weighted by Gasteiger charge is -2.47. The first-order valence-electron chi connectivity index (χ1n) is 11.3. The lowest BCUT2D eigenvalue weighted by molar-refractivity contribution is -0.135. The standard InChI is InChI=1S/C24H34N2O3/c1-17(2)16-25-22(27)14-19-15-24(29-21-6-4-3-5-20(19)21)9-11-26(12-10-24)23(28)13-18-7-8-18/h3-6,17-19H,7-16H2,1-2H3,(H,25,27)/t19-/m0/s1. The Kier molecular flexibility index (Phi) is 5.84. The van der Waals surface area contributed by atoms with Gasteiger partial charge in [-0.15, -0.1) is 0 Å². The second-order valence-electron chi connectivity index (χ2n) is 9.65. The van der Waals surface area contributed by atoms with Crippen LogP contribution in [0.4, 0.5) is 0 Å². The molecule has 29 heavy (non-hydrogen) atoms. The number of amides is 2. The summed E-state index contributed by atoms with van der Waals surface area (Å²) in [5, 5.41) is 3.06. The molecule has 1 saturated heterocycles. The van der Waals surface area contributed by atoms with Crippen molar-refractivity contribution < 1.29 is 14.3 Å². The maximum absolute atomic E-state index is 12.5. The SMILES string of the molecule is CC(C)CNC(=O)C[C@H]1CC2(CCN(C(=O)CC3CC3)CC2)Oc2ccccc21. The third-order valence-corrected chi connectivity index (χ3v) is 6.63. The Hall–Kier alpha value is -2.04. The number of para-hydroxylation sites is 1. The van der Waals surface area contributed by atoms with Crippen LogP contribution in [0.15, 0.2) is 24.3 Å². The van der Waals surface area contributed by atoms with Crippen molar-refractivity contribution in [1.82, 2.24) is 10.2 Å². The second-order valence-corrected chi connectivity index (χ2v) is 9.65. The minimum Gasteiger partial charge on any atom is -0.487 e. The number of nitrogens with one attached hydrogen (secondary N) is 1. The molecule has 2 aliphatic heterocycles. The van der Waals surface area contributed by atoms with E-state index < -0.39 is 0 Å². The second kappa shape index (κ2) is 8.37. The van der Waals surface area contributed by atoms with E-state index >= 15 is 0 Å². The Bertz CT molecular complexity index is 748. The molecule has 1 N–H and O–H groups in total. The van der Waals surface area contributed by atoms with Gasteiger partial charge in [-0.05, 0) is 42.7 Å². The smallest absolute Gasteiger partial charge is 0.222 e. The fourth-order valence-electron chi connectivity index (χ4n) is 4.71. The summed E-state index contributed by atoms with van der Waals surface area (Å²) in [5.74, 6) is 2.59. The minimum atomic E-state index is -0.256. The van der Waals surface area contributed by atoms with Crippen LogP contribution in [0.1, 0.15) is 70.3 Å². The molecule has 3 aliphatic rings. The van der Waals surface area contributed by atoms with E-state index in [2.05, 4.69) is 25.2 Å². The number of hydrogen-bond donors (Lipinski definition) is 1. The lowest BCUT2D eigenvalue weighted by Crippen LogP contribution is -2.52. The van der Waals surface area contributed by atoms with Crippen molar-refractivity contribution in [1.29, 1.82) is 0 Å². The highest BCUT2D eigenvalue weighted by atomic mass is 16.5. The number of likely N-dealkylation sites (tertiary alicyclic amines) is 1. The van der Waals surface area contributed by atoms with E-state index in [4.69, 9.17) is 4.74 Å². The third-order valence-electron chi connectivity index (χ3n) is 6.63. The summed E-state index contributed by atoms with van der Waals surface area (Å²) >= 11 is 0. The number of ether oxygens (including phenoxy) is 1. The maximum Gasteiger partial charge on any atom is 0.222 e. The van der Waals surface area contributed by atoms with Crippen LogP contribution in [0.2, 0.25) is 0 Å². The fourth-order valence-corrected chi connectivity index (χ4v) is 4.71. The Morgan fingerprint density at radius 3 is 2.59 bits per heavy atom. The molecule has 1 spiro atoms. The van der Waals surface area contributed by atoms with Crippen LogP contribution in [0.3, 0.4) is 0 Å². The number of carbonyl (C=O) groups is 2. The van der Waals surface area contributed by atoms with Gasteiger partial charge in [0.1, 0.15) is 11.4 Å². The Morgan fingerprint density at radius 2 is 1.90 bits per heavy atom. The van der Waals surface area contributed by atoms with Gasteiger partial charge < -0.3 is 15.0 Å². The van der Waals surface area contributed by atoms with E-state index in [0.717, 1.165) is 50.1 Å². The summed E-state index contributed by atoms with van der Waals surface area (Å²) in [6.45, 7) is 6.46. The molecule has 1 aliphatic carbocycles. The van der Waals surface area contributed by atoms with E-state index in [1.54, 1.807) is 0 Å². The number of hydrogen-bond acceptors (Lipinski definition) is 3. The van der Waals surface area contributed by atoms with Gasteiger partial charge in [-0.2, -0.15) is 0 Å². The van der Waals surface area contributed by atoms with Crippen molar-refractivity contribution in [2.24, 2.45) is 11.8 Å². The van der Waals surface area contributed by atoms with Crippen LogP contribution >= 0.6 is 0 Å². The average molecular weight is 399 g/mol. The molecule has 0 radical (unpaired) electrons. The van der Waals surface area contributed by atoms with Crippen LogP contribution < -0.4 is 10.1 Å². The molecule has 2 fully saturated rings. The van der Waals surface area contributed by atoms with Crippen LogP contribution in [0.25, 0.3) is 0 Å². The summed E-state index contributed by atoms with van der Waals surface area (Å²) in [7, 11) is 0. The van der Waals surface area contributed by atoms with E-state index in [0.29, 0.717) is 30.7 Å². The molecule has 1 aromatic rings. The molecular formula is C24H34N2O3. The first-order chi connectivity index (χ1) is 13.9. The summed E-state index contributed by atoms with van der Waals surface area (Å²) in [6, 6.07) is 8.15. The number of carbonyl (C=O) groups excluding carboxylic acids is 2. The number of benzene rings is 1. The highest BCUT2D eigenvalue weighted by molar-refractivity contribution is 5.77. The summed E-state index contributed by atoms with van der Waals surface area (Å²) in [5.41, 5.74) is 0.887. The summed E-state index contributed by atoms with van der Waals surface area (Å²) in [4.78, 5) is 27.1. The van der Waals surface area contributed by atoms with E-state index in [1.807, 2.05) is 23.1 Å². The van der Waals surface area contributed by atoms with Crippen molar-refractivity contribution in [2.75, 3.05) is 19.6 Å². The lowest BCUT2D eigenvalue weighted by atomic mass is 9.76. The zero-order valence-electron chi connectivity index (χ0n) is 17.8. The van der Waals surface area contributed by atoms with Gasteiger partial charge in [-0.1, -0.05) is 32.0 Å². The molecule has 1 aromatic carbocycles. The van der Waals surface area contributed by atoms with E-state index in [9.17, 15) is 9.59 Å². The van der Waals surface area contributed by atoms with Crippen LogP contribution in [-0.4, -0.2) is 41.9 Å². The number of rotatable bonds is 6. The van der Waals surface area contributed by atoms with Gasteiger partial charge in [0.05, 0.1) is 0 Å². The topological polar surface area (TPSA) is 58.6 Å². The number of piperidine rings is 1. The Balaban J connectivity index is 1.42. The van der Waals surface area contributed by atoms with Gasteiger partial charge in [0.15, 0.2) is 0 Å². The summed E-state index contributed by atoms with van der Waals surface area (Å²) < 4.78 is 6.52. The predicted octanol–water partition coefficient (Wildman–Crippen LogP) is 3.88. The third kappa shape index (κ3) is 4.93. The highest BCUT2D eigenvalue weighted by Crippen LogP contribution is 2.46. The molecule has 0 bridgehead atoms. The fraction of sp³-hybridized carbons (Fsp3) is 0.667. The quantitative estimate of drug-likeness (QED) is 0.791. The molecule has 2 amide bonds. The van der Waals surface area contributed by atoms with Crippen LogP contribution in [-0.2, 0) is 9.59 Å². The average Bonchev–Trinajstić information content (AvgIpc) is 3.51. The van der Waals surface area contributed by atoms with Crippen molar-refractivity contribution >= 4 is 11.8 Å². The van der Waals surface area contributed by atoms with Crippen molar-refractivity contribution in [3.63, 3.8) is 0 Å². The molecule has 1 atom stereocenters. The Morgan fingerprint density at radius 1 is 1.17 bits per heavy atom. The molecule has 0 unspecified atom stereocenters. The normalized spacial score (nSPS) is 22.9. The monoisotopic (exact) mass is 398 g/mol. The number of nitrogens with zero attached hydrogens (tertiary/aromatic N) is 1. The molecular weight excluding hydrogens is 364 g/mol. The maximum atomic E-state index is 12.5.